The summed E-state index contributed by atoms with van der Waals surface area (Å²) in [5, 5.41) is 0. The minimum atomic E-state index is 0.132. The van der Waals surface area contributed by atoms with E-state index < -0.39 is 0 Å². The van der Waals surface area contributed by atoms with Gasteiger partial charge in [-0.1, -0.05) is 25.0 Å². The van der Waals surface area contributed by atoms with Gasteiger partial charge in [0.25, 0.3) is 0 Å². The Kier molecular flexibility index (Phi) is 6.21. The van der Waals surface area contributed by atoms with Crippen LogP contribution in [-0.2, 0) is 4.74 Å². The third-order valence-corrected chi connectivity index (χ3v) is 3.66. The zero-order valence-electron chi connectivity index (χ0n) is 13.1. The molecule has 116 valence electrons. The van der Waals surface area contributed by atoms with Crippen molar-refractivity contribution < 1.29 is 14.3 Å². The first-order chi connectivity index (χ1) is 10.2. The van der Waals surface area contributed by atoms with Gasteiger partial charge in [-0.2, -0.15) is 0 Å². The fourth-order valence-corrected chi connectivity index (χ4v) is 2.36. The lowest BCUT2D eigenvalue weighted by Gasteiger charge is -2.26. The van der Waals surface area contributed by atoms with E-state index in [9.17, 15) is 4.79 Å². The summed E-state index contributed by atoms with van der Waals surface area (Å²) in [5.41, 5.74) is 1.79. The lowest BCUT2D eigenvalue weighted by molar-refractivity contribution is 0.0370. The van der Waals surface area contributed by atoms with E-state index in [2.05, 4.69) is 11.8 Å². The number of rotatable bonds is 7. The van der Waals surface area contributed by atoms with E-state index in [1.54, 1.807) is 0 Å². The second-order valence-electron chi connectivity index (χ2n) is 5.51. The molecular formula is C17H25NO3. The summed E-state index contributed by atoms with van der Waals surface area (Å²) in [6.07, 6.45) is 2.09. The maximum Gasteiger partial charge on any atom is 0.180 e. The molecule has 1 aliphatic rings. The number of carbonyl (C=O) groups excluding carboxylic acids is 1. The van der Waals surface area contributed by atoms with Crippen LogP contribution in [-0.4, -0.2) is 50.1 Å². The van der Waals surface area contributed by atoms with Gasteiger partial charge >= 0.3 is 0 Å². The summed E-state index contributed by atoms with van der Waals surface area (Å²) in [6.45, 7) is 8.30. The molecule has 0 atom stereocenters. The van der Waals surface area contributed by atoms with E-state index in [1.807, 2.05) is 25.1 Å². The van der Waals surface area contributed by atoms with Gasteiger partial charge in [0.1, 0.15) is 5.75 Å². The first-order valence-electron chi connectivity index (χ1n) is 7.77. The van der Waals surface area contributed by atoms with Crippen molar-refractivity contribution >= 4 is 5.78 Å². The number of hydrogen-bond acceptors (Lipinski definition) is 4. The number of hydrogen-bond donors (Lipinski definition) is 0. The van der Waals surface area contributed by atoms with Crippen molar-refractivity contribution in [2.75, 3.05) is 39.5 Å². The Labute approximate surface area is 127 Å². The highest BCUT2D eigenvalue weighted by Crippen LogP contribution is 2.21. The van der Waals surface area contributed by atoms with Crippen LogP contribution in [0.5, 0.6) is 5.75 Å². The SMILES string of the molecule is CCCCOc1ccc(C)cc1C(=O)CN1CCOCC1. The van der Waals surface area contributed by atoms with Crippen LogP contribution in [0.25, 0.3) is 0 Å². The highest BCUT2D eigenvalue weighted by Gasteiger charge is 2.18. The van der Waals surface area contributed by atoms with Crippen LogP contribution < -0.4 is 4.74 Å². The van der Waals surface area contributed by atoms with Crippen molar-refractivity contribution in [3.05, 3.63) is 29.3 Å². The van der Waals surface area contributed by atoms with Crippen LogP contribution in [0.15, 0.2) is 18.2 Å². The molecule has 1 aromatic carbocycles. The van der Waals surface area contributed by atoms with Gasteiger partial charge in [0.15, 0.2) is 5.78 Å². The minimum Gasteiger partial charge on any atom is -0.493 e. The molecule has 21 heavy (non-hydrogen) atoms. The Balaban J connectivity index is 2.04. The van der Waals surface area contributed by atoms with Gasteiger partial charge in [-0.3, -0.25) is 9.69 Å². The molecule has 1 fully saturated rings. The molecule has 1 aromatic rings. The first kappa shape index (κ1) is 16.0. The summed E-state index contributed by atoms with van der Waals surface area (Å²) in [6, 6.07) is 5.84. The molecule has 0 aliphatic carbocycles. The van der Waals surface area contributed by atoms with Crippen LogP contribution in [0.4, 0.5) is 0 Å². The van der Waals surface area contributed by atoms with E-state index in [1.165, 1.54) is 0 Å². The minimum absolute atomic E-state index is 0.132. The van der Waals surface area contributed by atoms with Crippen molar-refractivity contribution in [3.8, 4) is 5.75 Å². The predicted octanol–water partition coefficient (Wildman–Crippen LogP) is 2.69. The molecule has 1 heterocycles. The molecule has 1 aliphatic heterocycles. The number of ether oxygens (including phenoxy) is 2. The van der Waals surface area contributed by atoms with Gasteiger partial charge in [0.05, 0.1) is 31.9 Å². The molecule has 4 nitrogen and oxygen atoms in total. The summed E-state index contributed by atoms with van der Waals surface area (Å²) < 4.78 is 11.1. The second kappa shape index (κ2) is 8.15. The van der Waals surface area contributed by atoms with Gasteiger partial charge in [0, 0.05) is 13.1 Å². The second-order valence-corrected chi connectivity index (χ2v) is 5.51. The summed E-state index contributed by atoms with van der Waals surface area (Å²) in [7, 11) is 0. The molecule has 0 aromatic heterocycles. The molecular weight excluding hydrogens is 266 g/mol. The summed E-state index contributed by atoms with van der Waals surface area (Å²) >= 11 is 0. The lowest BCUT2D eigenvalue weighted by atomic mass is 10.1. The quantitative estimate of drug-likeness (QED) is 0.572. The van der Waals surface area contributed by atoms with Crippen molar-refractivity contribution in [2.45, 2.75) is 26.7 Å². The summed E-state index contributed by atoms with van der Waals surface area (Å²) in [5.74, 6) is 0.847. The number of carbonyl (C=O) groups is 1. The van der Waals surface area contributed by atoms with Crippen molar-refractivity contribution in [3.63, 3.8) is 0 Å². The van der Waals surface area contributed by atoms with Crippen LogP contribution in [0.2, 0.25) is 0 Å². The first-order valence-corrected chi connectivity index (χ1v) is 7.77. The molecule has 1 saturated heterocycles. The Hall–Kier alpha value is -1.39. The maximum absolute atomic E-state index is 12.6. The third-order valence-electron chi connectivity index (χ3n) is 3.66. The fraction of sp³-hybridized carbons (Fsp3) is 0.588. The van der Waals surface area contributed by atoms with Crippen molar-refractivity contribution in [1.82, 2.24) is 4.90 Å². The van der Waals surface area contributed by atoms with E-state index in [4.69, 9.17) is 9.47 Å². The number of Topliss-reactive ketones (excluding diaryl/α,β-unsaturated/α-hetero) is 1. The van der Waals surface area contributed by atoms with Crippen molar-refractivity contribution in [2.24, 2.45) is 0 Å². The highest BCUT2D eigenvalue weighted by molar-refractivity contribution is 6.00. The standard InChI is InChI=1S/C17H25NO3/c1-3-4-9-21-17-6-5-14(2)12-15(17)16(19)13-18-7-10-20-11-8-18/h5-6,12H,3-4,7-11,13H2,1-2H3. The topological polar surface area (TPSA) is 38.8 Å². The smallest absolute Gasteiger partial charge is 0.180 e. The van der Waals surface area contributed by atoms with E-state index in [0.29, 0.717) is 37.7 Å². The molecule has 0 N–H and O–H groups in total. The van der Waals surface area contributed by atoms with Crippen molar-refractivity contribution in [1.29, 1.82) is 0 Å². The number of aryl methyl sites for hydroxylation is 1. The number of morpholine rings is 1. The molecule has 0 bridgehead atoms. The van der Waals surface area contributed by atoms with Gasteiger partial charge in [-0.25, -0.2) is 0 Å². The molecule has 0 spiro atoms. The third kappa shape index (κ3) is 4.83. The van der Waals surface area contributed by atoms with Crippen LogP contribution in [0, 0.1) is 6.92 Å². The van der Waals surface area contributed by atoms with Gasteiger partial charge in [0.2, 0.25) is 0 Å². The molecule has 0 radical (unpaired) electrons. The van der Waals surface area contributed by atoms with Gasteiger partial charge in [-0.15, -0.1) is 0 Å². The molecule has 0 unspecified atom stereocenters. The zero-order chi connectivity index (χ0) is 15.1. The highest BCUT2D eigenvalue weighted by atomic mass is 16.5. The number of ketones is 1. The molecule has 4 heteroatoms. The Bertz CT molecular complexity index is 467. The van der Waals surface area contributed by atoms with E-state index in [0.717, 1.165) is 31.5 Å². The Morgan fingerprint density at radius 2 is 2.10 bits per heavy atom. The average Bonchev–Trinajstić information content (AvgIpc) is 2.50. The normalized spacial score (nSPS) is 15.9. The largest absolute Gasteiger partial charge is 0.493 e. The monoisotopic (exact) mass is 291 g/mol. The van der Waals surface area contributed by atoms with E-state index in [-0.39, 0.29) is 5.78 Å². The van der Waals surface area contributed by atoms with Crippen LogP contribution >= 0.6 is 0 Å². The van der Waals surface area contributed by atoms with Gasteiger partial charge in [-0.05, 0) is 25.5 Å². The molecule has 0 amide bonds. The van der Waals surface area contributed by atoms with Crippen LogP contribution in [0.3, 0.4) is 0 Å². The molecule has 0 saturated carbocycles. The zero-order valence-corrected chi connectivity index (χ0v) is 13.1. The number of unbranched alkanes of at least 4 members (excludes halogenated alkanes) is 1. The fourth-order valence-electron chi connectivity index (χ4n) is 2.36. The summed E-state index contributed by atoms with van der Waals surface area (Å²) in [4.78, 5) is 14.7. The number of benzene rings is 1. The average molecular weight is 291 g/mol. The predicted molar refractivity (Wildman–Crippen MR) is 83.2 cm³/mol. The number of nitrogens with zero attached hydrogens (tertiary/aromatic N) is 1. The molecule has 2 rings (SSSR count). The lowest BCUT2D eigenvalue weighted by Crippen LogP contribution is -2.39. The van der Waals surface area contributed by atoms with Gasteiger partial charge < -0.3 is 9.47 Å². The maximum atomic E-state index is 12.6. The van der Waals surface area contributed by atoms with E-state index >= 15 is 0 Å². The Morgan fingerprint density at radius 3 is 2.81 bits per heavy atom. The van der Waals surface area contributed by atoms with Crippen LogP contribution in [0.1, 0.15) is 35.7 Å². The Morgan fingerprint density at radius 1 is 1.33 bits per heavy atom.